The fraction of sp³-hybridized carbons (Fsp3) is 0.438. The van der Waals surface area contributed by atoms with Crippen molar-refractivity contribution in [3.63, 3.8) is 0 Å². The van der Waals surface area contributed by atoms with Crippen molar-refractivity contribution in [3.8, 4) is 0 Å². The van der Waals surface area contributed by atoms with Gasteiger partial charge in [0.25, 0.3) is 0 Å². The van der Waals surface area contributed by atoms with E-state index in [4.69, 9.17) is 0 Å². The Balaban J connectivity index is 1.70. The number of aromatic nitrogens is 3. The molecule has 2 aromatic rings. The van der Waals surface area contributed by atoms with Crippen LogP contribution in [0.15, 0.2) is 47.8 Å². The van der Waals surface area contributed by atoms with Gasteiger partial charge in [-0.05, 0) is 31.5 Å². The summed E-state index contributed by atoms with van der Waals surface area (Å²) in [5.74, 6) is 0.860. The molecule has 0 fully saturated rings. The molecule has 0 spiro atoms. The van der Waals surface area contributed by atoms with Crippen LogP contribution in [0.1, 0.15) is 19.0 Å². The monoisotopic (exact) mass is 300 g/mol. The number of nitrogens with zero attached hydrogens (tertiary/aromatic N) is 4. The van der Waals surface area contributed by atoms with Crippen molar-refractivity contribution in [1.82, 2.24) is 25.4 Å². The number of pyridine rings is 1. The third-order valence-electron chi connectivity index (χ3n) is 3.12. The molecule has 2 N–H and O–H groups in total. The first-order valence-electron chi connectivity index (χ1n) is 7.78. The number of aryl methyl sites for hydroxylation is 1. The molecule has 22 heavy (non-hydrogen) atoms. The predicted octanol–water partition coefficient (Wildman–Crippen LogP) is 1.47. The molecule has 0 saturated carbocycles. The lowest BCUT2D eigenvalue weighted by Gasteiger charge is -2.11. The van der Waals surface area contributed by atoms with Crippen LogP contribution in [-0.2, 0) is 13.0 Å². The molecule has 0 aliphatic carbocycles. The lowest BCUT2D eigenvalue weighted by molar-refractivity contribution is 0.584. The summed E-state index contributed by atoms with van der Waals surface area (Å²) in [6.07, 6.45) is 7.45. The van der Waals surface area contributed by atoms with Crippen molar-refractivity contribution in [2.24, 2.45) is 4.99 Å². The lowest BCUT2D eigenvalue weighted by atomic mass is 10.3. The minimum Gasteiger partial charge on any atom is -0.357 e. The Bertz CT molecular complexity index is 535. The zero-order valence-electron chi connectivity index (χ0n) is 13.1. The standard InChI is InChI=1S/C16H24N6/c1-2-17-16(19-10-5-13-22-14-6-11-21-22)20-12-8-15-7-3-4-9-18-15/h3-4,6-7,9,11,14H,2,5,8,10,12-13H2,1H3,(H2,17,19,20). The van der Waals surface area contributed by atoms with Crippen molar-refractivity contribution in [3.05, 3.63) is 48.5 Å². The van der Waals surface area contributed by atoms with Gasteiger partial charge in [-0.2, -0.15) is 5.10 Å². The van der Waals surface area contributed by atoms with Crippen LogP contribution in [0.2, 0.25) is 0 Å². The van der Waals surface area contributed by atoms with E-state index in [1.807, 2.05) is 41.3 Å². The fourth-order valence-corrected chi connectivity index (χ4v) is 2.05. The highest BCUT2D eigenvalue weighted by molar-refractivity contribution is 5.79. The molecular formula is C16H24N6. The predicted molar refractivity (Wildman–Crippen MR) is 88.8 cm³/mol. The van der Waals surface area contributed by atoms with E-state index in [1.165, 1.54) is 0 Å². The first-order chi connectivity index (χ1) is 10.9. The van der Waals surface area contributed by atoms with E-state index in [0.717, 1.165) is 50.7 Å². The SMILES string of the molecule is CCNC(=NCCCn1cccn1)NCCc1ccccn1. The lowest BCUT2D eigenvalue weighted by Crippen LogP contribution is -2.38. The maximum absolute atomic E-state index is 4.58. The number of hydrogen-bond donors (Lipinski definition) is 2. The largest absolute Gasteiger partial charge is 0.357 e. The van der Waals surface area contributed by atoms with Crippen LogP contribution in [0, 0.1) is 0 Å². The summed E-state index contributed by atoms with van der Waals surface area (Å²) in [6, 6.07) is 7.92. The third-order valence-corrected chi connectivity index (χ3v) is 3.12. The van der Waals surface area contributed by atoms with Gasteiger partial charge in [-0.1, -0.05) is 6.07 Å². The van der Waals surface area contributed by atoms with E-state index < -0.39 is 0 Å². The van der Waals surface area contributed by atoms with Gasteiger partial charge >= 0.3 is 0 Å². The molecule has 0 aliphatic heterocycles. The number of rotatable bonds is 8. The van der Waals surface area contributed by atoms with Crippen LogP contribution in [-0.4, -0.2) is 40.4 Å². The molecule has 2 heterocycles. The van der Waals surface area contributed by atoms with Gasteiger partial charge < -0.3 is 10.6 Å². The van der Waals surface area contributed by atoms with E-state index in [9.17, 15) is 0 Å². The Morgan fingerprint density at radius 3 is 2.91 bits per heavy atom. The highest BCUT2D eigenvalue weighted by Crippen LogP contribution is 1.93. The molecule has 2 aromatic heterocycles. The summed E-state index contributed by atoms with van der Waals surface area (Å²) in [4.78, 5) is 8.89. The second kappa shape index (κ2) is 9.55. The van der Waals surface area contributed by atoms with Crippen LogP contribution in [0.3, 0.4) is 0 Å². The molecule has 2 rings (SSSR count). The van der Waals surface area contributed by atoms with Gasteiger partial charge in [0, 0.05) is 56.9 Å². The minimum absolute atomic E-state index is 0.777. The van der Waals surface area contributed by atoms with E-state index in [-0.39, 0.29) is 0 Å². The zero-order valence-corrected chi connectivity index (χ0v) is 13.1. The number of nitrogens with one attached hydrogen (secondary N) is 2. The van der Waals surface area contributed by atoms with E-state index >= 15 is 0 Å². The average Bonchev–Trinajstić information content (AvgIpc) is 3.06. The van der Waals surface area contributed by atoms with Crippen LogP contribution in [0.25, 0.3) is 0 Å². The first-order valence-corrected chi connectivity index (χ1v) is 7.78. The molecule has 0 aliphatic rings. The first kappa shape index (κ1) is 16.0. The molecule has 0 aromatic carbocycles. The molecule has 118 valence electrons. The number of guanidine groups is 1. The second-order valence-electron chi connectivity index (χ2n) is 4.88. The smallest absolute Gasteiger partial charge is 0.191 e. The van der Waals surface area contributed by atoms with Crippen molar-refractivity contribution in [1.29, 1.82) is 0 Å². The van der Waals surface area contributed by atoms with Crippen molar-refractivity contribution < 1.29 is 0 Å². The van der Waals surface area contributed by atoms with Crippen LogP contribution >= 0.6 is 0 Å². The van der Waals surface area contributed by atoms with Crippen LogP contribution in [0.5, 0.6) is 0 Å². The summed E-state index contributed by atoms with van der Waals surface area (Å²) in [7, 11) is 0. The van der Waals surface area contributed by atoms with E-state index in [1.54, 1.807) is 6.20 Å². The summed E-state index contributed by atoms with van der Waals surface area (Å²) >= 11 is 0. The van der Waals surface area contributed by atoms with Crippen molar-refractivity contribution in [2.75, 3.05) is 19.6 Å². The summed E-state index contributed by atoms with van der Waals surface area (Å²) in [5, 5.41) is 10.8. The molecule has 6 heteroatoms. The quantitative estimate of drug-likeness (QED) is 0.440. The molecule has 0 unspecified atom stereocenters. The van der Waals surface area contributed by atoms with Gasteiger partial charge in [0.15, 0.2) is 5.96 Å². The number of hydrogen-bond acceptors (Lipinski definition) is 3. The van der Waals surface area contributed by atoms with Crippen LogP contribution in [0.4, 0.5) is 0 Å². The minimum atomic E-state index is 0.777. The highest BCUT2D eigenvalue weighted by atomic mass is 15.3. The molecular weight excluding hydrogens is 276 g/mol. The second-order valence-corrected chi connectivity index (χ2v) is 4.88. The molecule has 6 nitrogen and oxygen atoms in total. The topological polar surface area (TPSA) is 67.1 Å². The van der Waals surface area contributed by atoms with Gasteiger partial charge in [0.05, 0.1) is 0 Å². The van der Waals surface area contributed by atoms with Crippen LogP contribution < -0.4 is 10.6 Å². The summed E-state index contributed by atoms with van der Waals surface area (Å²) in [6.45, 7) is 5.42. The Morgan fingerprint density at radius 2 is 2.18 bits per heavy atom. The van der Waals surface area contributed by atoms with Crippen molar-refractivity contribution in [2.45, 2.75) is 26.3 Å². The third kappa shape index (κ3) is 5.95. The maximum Gasteiger partial charge on any atom is 0.191 e. The van der Waals surface area contributed by atoms with Gasteiger partial charge in [-0.3, -0.25) is 14.7 Å². The Morgan fingerprint density at radius 1 is 1.23 bits per heavy atom. The van der Waals surface area contributed by atoms with Gasteiger partial charge in [-0.15, -0.1) is 0 Å². The molecule has 0 atom stereocenters. The molecule has 0 saturated heterocycles. The molecule has 0 amide bonds. The number of aliphatic imine (C=N–C) groups is 1. The van der Waals surface area contributed by atoms with Crippen molar-refractivity contribution >= 4 is 5.96 Å². The van der Waals surface area contributed by atoms with E-state index in [0.29, 0.717) is 0 Å². The summed E-state index contributed by atoms with van der Waals surface area (Å²) in [5.41, 5.74) is 1.09. The Hall–Kier alpha value is -2.37. The van der Waals surface area contributed by atoms with E-state index in [2.05, 4.69) is 32.6 Å². The highest BCUT2D eigenvalue weighted by Gasteiger charge is 1.98. The Kier molecular flexibility index (Phi) is 6.95. The molecule has 0 radical (unpaired) electrons. The molecule has 0 bridgehead atoms. The fourth-order valence-electron chi connectivity index (χ4n) is 2.05. The van der Waals surface area contributed by atoms with Gasteiger partial charge in [-0.25, -0.2) is 0 Å². The maximum atomic E-state index is 4.58. The zero-order chi connectivity index (χ0) is 15.5. The van der Waals surface area contributed by atoms with Gasteiger partial charge in [0.2, 0.25) is 0 Å². The average molecular weight is 300 g/mol. The van der Waals surface area contributed by atoms with Gasteiger partial charge in [0.1, 0.15) is 0 Å². The Labute approximate surface area is 131 Å². The normalized spacial score (nSPS) is 11.4. The summed E-state index contributed by atoms with van der Waals surface area (Å²) < 4.78 is 1.93.